The minimum atomic E-state index is -3.81. The van der Waals surface area contributed by atoms with Gasteiger partial charge in [-0.25, -0.2) is 22.9 Å². The van der Waals surface area contributed by atoms with Crippen LogP contribution in [0.2, 0.25) is 0 Å². The molecule has 3 aromatic heterocycles. The molecular weight excluding hydrogens is 749 g/mol. The van der Waals surface area contributed by atoms with Gasteiger partial charge in [0, 0.05) is 63.3 Å². The standard InChI is InChI=1S/C39H44N12O5S/c1-47-33-20-26(3-7-32(33)37(46-47)50-17-12-35(52)44-39(50)53)25-8-13-48(14-9-25)18-19-56-34-21-31(6-2-27(34)22-40)57(54,55)49-15-10-29(11-16-49)43-38-41-23-28-24-42-51(30-4-5-30)36(28)45-38/h2-3,6-7,20-21,23-25,29-30H,4-5,8-19H2,1H3,(H,41,43,45)(H,44,52,53). The number of fused-ring (bicyclic) bond motifs is 2. The second kappa shape index (κ2) is 15.0. The van der Waals surface area contributed by atoms with E-state index in [4.69, 9.17) is 9.72 Å². The van der Waals surface area contributed by atoms with Crippen molar-refractivity contribution in [2.24, 2.45) is 7.05 Å². The van der Waals surface area contributed by atoms with Crippen LogP contribution >= 0.6 is 0 Å². The molecule has 296 valence electrons. The molecule has 3 amide bonds. The summed E-state index contributed by atoms with van der Waals surface area (Å²) >= 11 is 0. The lowest BCUT2D eigenvalue weighted by molar-refractivity contribution is -0.120. The number of imide groups is 1. The van der Waals surface area contributed by atoms with Crippen molar-refractivity contribution < 1.29 is 22.7 Å². The van der Waals surface area contributed by atoms with Crippen LogP contribution in [0.4, 0.5) is 16.6 Å². The number of urea groups is 1. The first-order valence-corrected chi connectivity index (χ1v) is 21.0. The number of nitrogens with zero attached hydrogens (tertiary/aromatic N) is 10. The van der Waals surface area contributed by atoms with Crippen molar-refractivity contribution in [1.82, 2.24) is 44.1 Å². The van der Waals surface area contributed by atoms with E-state index in [9.17, 15) is 23.3 Å². The summed E-state index contributed by atoms with van der Waals surface area (Å²) in [6.45, 7) is 3.65. The number of sulfonamides is 1. The molecule has 4 fully saturated rings. The lowest BCUT2D eigenvalue weighted by Crippen LogP contribution is -2.49. The Bertz CT molecular complexity index is 2510. The highest BCUT2D eigenvalue weighted by atomic mass is 32.2. The molecule has 18 heteroatoms. The zero-order chi connectivity index (χ0) is 39.3. The number of carbonyl (C=O) groups excluding carboxylic acids is 2. The Morgan fingerprint density at radius 1 is 0.982 bits per heavy atom. The van der Waals surface area contributed by atoms with E-state index in [1.807, 2.05) is 17.8 Å². The van der Waals surface area contributed by atoms with Gasteiger partial charge in [-0.1, -0.05) is 6.07 Å². The van der Waals surface area contributed by atoms with Crippen LogP contribution in [-0.2, 0) is 21.9 Å². The summed E-state index contributed by atoms with van der Waals surface area (Å²) in [5.74, 6) is 1.41. The van der Waals surface area contributed by atoms with E-state index < -0.39 is 16.1 Å². The molecule has 1 saturated carbocycles. The van der Waals surface area contributed by atoms with Gasteiger partial charge >= 0.3 is 6.03 Å². The molecule has 17 nitrogen and oxygen atoms in total. The van der Waals surface area contributed by atoms with Gasteiger partial charge in [-0.05, 0) is 87.4 Å². The molecule has 1 aliphatic carbocycles. The van der Waals surface area contributed by atoms with Crippen LogP contribution in [0.3, 0.4) is 0 Å². The Hall–Kier alpha value is -5.64. The Balaban J connectivity index is 0.775. The van der Waals surface area contributed by atoms with Gasteiger partial charge in [-0.15, -0.1) is 0 Å². The summed E-state index contributed by atoms with van der Waals surface area (Å²) in [5, 5.41) is 26.4. The molecule has 57 heavy (non-hydrogen) atoms. The van der Waals surface area contributed by atoms with Crippen LogP contribution in [-0.4, -0.2) is 111 Å². The van der Waals surface area contributed by atoms with Gasteiger partial charge in [0.25, 0.3) is 0 Å². The molecule has 2 N–H and O–H groups in total. The number of aromatic nitrogens is 6. The van der Waals surface area contributed by atoms with Crippen molar-refractivity contribution in [3.05, 3.63) is 59.9 Å². The van der Waals surface area contributed by atoms with Crippen LogP contribution in [0.25, 0.3) is 21.9 Å². The van der Waals surface area contributed by atoms with Crippen LogP contribution in [0, 0.1) is 11.3 Å². The van der Waals surface area contributed by atoms with Crippen molar-refractivity contribution >= 4 is 55.7 Å². The number of rotatable bonds is 11. The first-order valence-electron chi connectivity index (χ1n) is 19.6. The molecule has 6 heterocycles. The summed E-state index contributed by atoms with van der Waals surface area (Å²) in [4.78, 5) is 37.3. The van der Waals surface area contributed by atoms with Gasteiger partial charge in [0.05, 0.1) is 33.6 Å². The summed E-state index contributed by atoms with van der Waals surface area (Å²) in [6, 6.07) is 12.9. The first-order chi connectivity index (χ1) is 27.6. The van der Waals surface area contributed by atoms with E-state index in [1.165, 1.54) is 33.0 Å². The number of carbonyl (C=O) groups is 2. The molecule has 2 aromatic carbocycles. The van der Waals surface area contributed by atoms with E-state index >= 15 is 0 Å². The largest absolute Gasteiger partial charge is 0.491 e. The third-order valence-corrected chi connectivity index (χ3v) is 13.5. The minimum absolute atomic E-state index is 0.0271. The Kier molecular flexibility index (Phi) is 9.75. The summed E-state index contributed by atoms with van der Waals surface area (Å²) in [6.07, 6.45) is 9.11. The highest BCUT2D eigenvalue weighted by Gasteiger charge is 2.32. The van der Waals surface area contributed by atoms with Crippen LogP contribution in [0.15, 0.2) is 53.7 Å². The van der Waals surface area contributed by atoms with E-state index in [1.54, 1.807) is 17.1 Å². The molecule has 9 rings (SSSR count). The number of piperidine rings is 2. The van der Waals surface area contributed by atoms with Crippen LogP contribution in [0.5, 0.6) is 5.75 Å². The fourth-order valence-electron chi connectivity index (χ4n) is 8.19. The predicted octanol–water partition coefficient (Wildman–Crippen LogP) is 3.89. The maximum atomic E-state index is 13.8. The molecule has 0 radical (unpaired) electrons. The Morgan fingerprint density at radius 3 is 2.54 bits per heavy atom. The van der Waals surface area contributed by atoms with E-state index in [0.717, 1.165) is 60.7 Å². The molecular formula is C39H44N12O5S. The molecule has 0 unspecified atom stereocenters. The van der Waals surface area contributed by atoms with Gasteiger partial charge in [-0.3, -0.25) is 24.6 Å². The third-order valence-electron chi connectivity index (χ3n) is 11.6. The fourth-order valence-corrected chi connectivity index (χ4v) is 9.67. The highest BCUT2D eigenvalue weighted by molar-refractivity contribution is 7.89. The average Bonchev–Trinajstić information content (AvgIpc) is 3.90. The van der Waals surface area contributed by atoms with Gasteiger partial charge in [0.1, 0.15) is 18.4 Å². The summed E-state index contributed by atoms with van der Waals surface area (Å²) < 4.78 is 38.9. The maximum absolute atomic E-state index is 13.8. The van der Waals surface area contributed by atoms with Gasteiger partial charge < -0.3 is 10.1 Å². The second-order valence-corrected chi connectivity index (χ2v) is 17.3. The number of nitriles is 1. The summed E-state index contributed by atoms with van der Waals surface area (Å²) in [5.41, 5.74) is 3.25. The molecule has 0 spiro atoms. The second-order valence-electron chi connectivity index (χ2n) is 15.3. The van der Waals surface area contributed by atoms with Crippen molar-refractivity contribution in [2.45, 2.75) is 67.8 Å². The smallest absolute Gasteiger partial charge is 0.329 e. The number of anilines is 2. The molecule has 3 saturated heterocycles. The topological polar surface area (TPSA) is 196 Å². The monoisotopic (exact) mass is 792 g/mol. The number of aryl methyl sites for hydroxylation is 1. The number of ether oxygens (including phenoxy) is 1. The van der Waals surface area contributed by atoms with Gasteiger partial charge in [0.15, 0.2) is 11.5 Å². The minimum Gasteiger partial charge on any atom is -0.491 e. The fraction of sp³-hybridized carbons (Fsp3) is 0.462. The first kappa shape index (κ1) is 37.0. The normalized spacial score (nSPS) is 19.3. The zero-order valence-corrected chi connectivity index (χ0v) is 32.5. The van der Waals surface area contributed by atoms with Gasteiger partial charge in [0.2, 0.25) is 21.9 Å². The van der Waals surface area contributed by atoms with E-state index in [-0.39, 0.29) is 29.0 Å². The highest BCUT2D eigenvalue weighted by Crippen LogP contribution is 2.37. The molecule has 3 aliphatic heterocycles. The molecule has 5 aromatic rings. The number of nitrogens with one attached hydrogen (secondary N) is 2. The van der Waals surface area contributed by atoms with E-state index in [0.29, 0.717) is 74.9 Å². The third kappa shape index (κ3) is 7.38. The van der Waals surface area contributed by atoms with E-state index in [2.05, 4.69) is 48.9 Å². The number of likely N-dealkylation sites (tertiary alicyclic amines) is 1. The Morgan fingerprint density at radius 2 is 1.79 bits per heavy atom. The van der Waals surface area contributed by atoms with Crippen LogP contribution < -0.4 is 20.3 Å². The zero-order valence-electron chi connectivity index (χ0n) is 31.7. The van der Waals surface area contributed by atoms with Gasteiger partial charge in [-0.2, -0.15) is 24.7 Å². The lowest BCUT2D eigenvalue weighted by atomic mass is 9.89. The Labute approximate surface area is 329 Å². The molecule has 4 aliphatic rings. The lowest BCUT2D eigenvalue weighted by Gasteiger charge is -2.32. The number of amides is 3. The quantitative estimate of drug-likeness (QED) is 0.196. The molecule has 0 atom stereocenters. The van der Waals surface area contributed by atoms with Crippen LogP contribution in [0.1, 0.15) is 68.0 Å². The predicted molar refractivity (Wildman–Crippen MR) is 210 cm³/mol. The number of hydrogen-bond acceptors (Lipinski definition) is 12. The molecule has 0 bridgehead atoms. The summed E-state index contributed by atoms with van der Waals surface area (Å²) in [7, 11) is -1.95. The van der Waals surface area contributed by atoms with Crippen molar-refractivity contribution in [3.8, 4) is 11.8 Å². The SMILES string of the molecule is Cn1nc(N2CCC(=O)NC2=O)c2ccc(C3CCN(CCOc4cc(S(=O)(=O)N5CCC(Nc6ncc7cnn(C8CC8)c7n6)CC5)ccc4C#N)CC3)cc21. The average molecular weight is 793 g/mol. The van der Waals surface area contributed by atoms with Crippen molar-refractivity contribution in [3.63, 3.8) is 0 Å². The number of hydrogen-bond donors (Lipinski definition) is 2. The van der Waals surface area contributed by atoms with Crippen molar-refractivity contribution in [1.29, 1.82) is 5.26 Å². The van der Waals surface area contributed by atoms with Crippen molar-refractivity contribution in [2.75, 3.05) is 56.1 Å². The number of benzene rings is 2. The maximum Gasteiger partial charge on any atom is 0.329 e.